The number of carbonyl (C=O) groups is 1. The highest BCUT2D eigenvalue weighted by Gasteiger charge is 2.45. The maximum Gasteiger partial charge on any atom is 0.416 e. The molecule has 5 rings (SSSR count). The lowest BCUT2D eigenvalue weighted by Crippen LogP contribution is -2.52. The number of halogens is 4. The Morgan fingerprint density at radius 3 is 2.67 bits per heavy atom. The van der Waals surface area contributed by atoms with E-state index >= 15 is 0 Å². The first-order valence-corrected chi connectivity index (χ1v) is 13.5. The van der Waals surface area contributed by atoms with Crippen molar-refractivity contribution in [2.24, 2.45) is 11.8 Å². The summed E-state index contributed by atoms with van der Waals surface area (Å²) in [5.41, 5.74) is 0.217. The van der Waals surface area contributed by atoms with Gasteiger partial charge < -0.3 is 14.9 Å². The second kappa shape index (κ2) is 11.3. The van der Waals surface area contributed by atoms with Crippen molar-refractivity contribution in [2.45, 2.75) is 56.3 Å². The van der Waals surface area contributed by atoms with Gasteiger partial charge >= 0.3 is 12.1 Å². The van der Waals surface area contributed by atoms with Crippen LogP contribution in [0.3, 0.4) is 0 Å². The van der Waals surface area contributed by atoms with Crippen LogP contribution in [0.5, 0.6) is 5.75 Å². The Kier molecular flexibility index (Phi) is 8.01. The molecular formula is C30H32F4N2O4. The molecule has 3 aromatic rings. The van der Waals surface area contributed by atoms with E-state index < -0.39 is 41.5 Å². The van der Waals surface area contributed by atoms with E-state index in [1.807, 2.05) is 17.0 Å². The molecule has 0 bridgehead atoms. The number of methoxy groups -OCH3 is 1. The highest BCUT2D eigenvalue weighted by molar-refractivity contribution is 5.83. The molecule has 6 nitrogen and oxygen atoms in total. The topological polar surface area (TPSA) is 82.9 Å². The number of hydrogen-bond donors (Lipinski definition) is 2. The lowest BCUT2D eigenvalue weighted by molar-refractivity contribution is -0.147. The average molecular weight is 561 g/mol. The Labute approximate surface area is 229 Å². The van der Waals surface area contributed by atoms with Gasteiger partial charge in [0, 0.05) is 29.7 Å². The Morgan fingerprint density at radius 1 is 1.20 bits per heavy atom. The van der Waals surface area contributed by atoms with Crippen molar-refractivity contribution in [1.82, 2.24) is 9.88 Å². The molecule has 214 valence electrons. The minimum atomic E-state index is -4.63. The van der Waals surface area contributed by atoms with Crippen LogP contribution >= 0.6 is 0 Å². The predicted molar refractivity (Wildman–Crippen MR) is 140 cm³/mol. The van der Waals surface area contributed by atoms with Gasteiger partial charge in [0.1, 0.15) is 11.6 Å². The van der Waals surface area contributed by atoms with Gasteiger partial charge in [0.15, 0.2) is 0 Å². The van der Waals surface area contributed by atoms with Gasteiger partial charge in [-0.2, -0.15) is 13.2 Å². The normalized spacial score (nSPS) is 24.4. The smallest absolute Gasteiger partial charge is 0.416 e. The summed E-state index contributed by atoms with van der Waals surface area (Å²) in [4.78, 5) is 18.6. The van der Waals surface area contributed by atoms with E-state index in [0.29, 0.717) is 50.0 Å². The number of carboxylic acids is 1. The first-order valence-electron chi connectivity index (χ1n) is 13.5. The van der Waals surface area contributed by atoms with E-state index in [2.05, 4.69) is 4.98 Å². The molecule has 40 heavy (non-hydrogen) atoms. The molecule has 1 saturated heterocycles. The standard InChI is InChI=1S/C30H32F4N2O4/c1-40-20-6-7-26-22(15-20)21(9-11-35-26)27(37)8-5-17-10-12-36(16-23(17)29(38)39)19-13-18(14-19)28-24(30(32,33)34)3-2-4-25(28)31/h2-4,6-7,9,11,15,17-19,23,27,37H,5,8,10,12-14,16H2,1H3,(H,38,39)/t17-,18?,19?,23+,27+/m1/s1. The van der Waals surface area contributed by atoms with Gasteiger partial charge in [0.05, 0.1) is 30.2 Å². The second-order valence-electron chi connectivity index (χ2n) is 10.9. The van der Waals surface area contributed by atoms with Gasteiger partial charge in [-0.3, -0.25) is 14.7 Å². The zero-order chi connectivity index (χ0) is 28.6. The number of carboxylic acid groups (broad SMARTS) is 1. The number of likely N-dealkylation sites (tertiary alicyclic amines) is 1. The van der Waals surface area contributed by atoms with Crippen LogP contribution in [0.15, 0.2) is 48.7 Å². The van der Waals surface area contributed by atoms with E-state index in [1.54, 1.807) is 25.4 Å². The molecule has 0 radical (unpaired) electrons. The molecule has 3 atom stereocenters. The molecule has 1 aromatic heterocycles. The molecule has 0 amide bonds. The Morgan fingerprint density at radius 2 is 1.98 bits per heavy atom. The van der Waals surface area contributed by atoms with Gasteiger partial charge in [-0.25, -0.2) is 4.39 Å². The first-order chi connectivity index (χ1) is 19.1. The lowest BCUT2D eigenvalue weighted by Gasteiger charge is -2.48. The molecule has 10 heteroatoms. The van der Waals surface area contributed by atoms with Crippen LogP contribution in [0, 0.1) is 17.7 Å². The largest absolute Gasteiger partial charge is 0.497 e. The number of aliphatic hydroxyl groups is 1. The number of pyridine rings is 1. The Bertz CT molecular complexity index is 1380. The summed E-state index contributed by atoms with van der Waals surface area (Å²) in [5, 5.41) is 21.8. The fraction of sp³-hybridized carbons (Fsp3) is 0.467. The van der Waals surface area contributed by atoms with Gasteiger partial charge in [-0.05, 0) is 92.4 Å². The summed E-state index contributed by atoms with van der Waals surface area (Å²) in [5.74, 6) is -2.48. The van der Waals surface area contributed by atoms with Crippen LogP contribution < -0.4 is 4.74 Å². The number of alkyl halides is 3. The molecular weight excluding hydrogens is 528 g/mol. The highest BCUT2D eigenvalue weighted by Crippen LogP contribution is 2.47. The number of aromatic nitrogens is 1. The fourth-order valence-electron chi connectivity index (χ4n) is 6.40. The number of benzene rings is 2. The second-order valence-corrected chi connectivity index (χ2v) is 10.9. The van der Waals surface area contributed by atoms with Crippen LogP contribution in [-0.2, 0) is 11.0 Å². The molecule has 1 saturated carbocycles. The maximum absolute atomic E-state index is 14.4. The number of aliphatic hydroxyl groups excluding tert-OH is 1. The van der Waals surface area contributed by atoms with Crippen LogP contribution in [0.2, 0.25) is 0 Å². The maximum atomic E-state index is 14.4. The highest BCUT2D eigenvalue weighted by atomic mass is 19.4. The Hall–Kier alpha value is -3.24. The molecule has 1 aliphatic heterocycles. The van der Waals surface area contributed by atoms with Gasteiger partial charge in [-0.1, -0.05) is 6.07 Å². The summed E-state index contributed by atoms with van der Waals surface area (Å²) >= 11 is 0. The van der Waals surface area contributed by atoms with E-state index in [1.165, 1.54) is 0 Å². The molecule has 0 unspecified atom stereocenters. The van der Waals surface area contributed by atoms with Crippen LogP contribution in [-0.4, -0.2) is 52.3 Å². The summed E-state index contributed by atoms with van der Waals surface area (Å²) in [7, 11) is 1.57. The molecule has 0 spiro atoms. The molecule has 2 fully saturated rings. The van der Waals surface area contributed by atoms with Crippen LogP contribution in [0.25, 0.3) is 10.9 Å². The predicted octanol–water partition coefficient (Wildman–Crippen LogP) is 6.18. The summed E-state index contributed by atoms with van der Waals surface area (Å²) in [6.45, 7) is 0.896. The minimum Gasteiger partial charge on any atom is -0.497 e. The Balaban J connectivity index is 1.21. The summed E-state index contributed by atoms with van der Waals surface area (Å²) < 4.78 is 60.1. The van der Waals surface area contributed by atoms with E-state index in [-0.39, 0.29) is 24.1 Å². The van der Waals surface area contributed by atoms with Gasteiger partial charge in [0.2, 0.25) is 0 Å². The molecule has 2 N–H and O–H groups in total. The number of ether oxygens (including phenoxy) is 1. The third-order valence-corrected chi connectivity index (χ3v) is 8.65. The molecule has 2 aromatic carbocycles. The van der Waals surface area contributed by atoms with Gasteiger partial charge in [0.25, 0.3) is 0 Å². The number of fused-ring (bicyclic) bond motifs is 1. The van der Waals surface area contributed by atoms with E-state index in [0.717, 1.165) is 29.1 Å². The number of nitrogens with zero attached hydrogens (tertiary/aromatic N) is 2. The molecule has 2 aliphatic rings. The number of aliphatic carboxylic acids is 1. The SMILES string of the molecule is COc1ccc2nccc([C@@H](O)CC[C@@H]3CCN(C4CC(c5c(F)cccc5C(F)(F)F)C4)C[C@@H]3C(=O)O)c2c1. The van der Waals surface area contributed by atoms with Crippen molar-refractivity contribution in [3.63, 3.8) is 0 Å². The average Bonchev–Trinajstić information content (AvgIpc) is 2.90. The summed E-state index contributed by atoms with van der Waals surface area (Å²) in [6, 6.07) is 10.2. The molecule has 2 heterocycles. The van der Waals surface area contributed by atoms with Crippen molar-refractivity contribution in [3.8, 4) is 5.75 Å². The van der Waals surface area contributed by atoms with Gasteiger partial charge in [-0.15, -0.1) is 0 Å². The lowest BCUT2D eigenvalue weighted by atomic mass is 9.71. The zero-order valence-corrected chi connectivity index (χ0v) is 22.1. The van der Waals surface area contributed by atoms with E-state index in [9.17, 15) is 32.6 Å². The first kappa shape index (κ1) is 28.3. The van der Waals surface area contributed by atoms with Crippen molar-refractivity contribution in [3.05, 3.63) is 71.2 Å². The monoisotopic (exact) mass is 560 g/mol. The van der Waals surface area contributed by atoms with Crippen LogP contribution in [0.1, 0.15) is 60.8 Å². The quantitative estimate of drug-likeness (QED) is 0.320. The minimum absolute atomic E-state index is 0.0859. The number of rotatable bonds is 8. The third-order valence-electron chi connectivity index (χ3n) is 8.65. The fourth-order valence-corrected chi connectivity index (χ4v) is 6.40. The summed E-state index contributed by atoms with van der Waals surface area (Å²) in [6.07, 6.45) is -1.59. The number of piperidine rings is 1. The molecule has 1 aliphatic carbocycles. The zero-order valence-electron chi connectivity index (χ0n) is 22.1. The van der Waals surface area contributed by atoms with E-state index in [4.69, 9.17) is 4.74 Å². The third kappa shape index (κ3) is 5.65. The number of hydrogen-bond acceptors (Lipinski definition) is 5. The van der Waals surface area contributed by atoms with Crippen molar-refractivity contribution in [1.29, 1.82) is 0 Å². The van der Waals surface area contributed by atoms with Crippen LogP contribution in [0.4, 0.5) is 17.6 Å². The van der Waals surface area contributed by atoms with Crippen molar-refractivity contribution < 1.29 is 37.3 Å². The van der Waals surface area contributed by atoms with Crippen molar-refractivity contribution >= 4 is 16.9 Å². The van der Waals surface area contributed by atoms with Crippen molar-refractivity contribution in [2.75, 3.05) is 20.2 Å².